The van der Waals surface area contributed by atoms with Crippen molar-refractivity contribution in [1.29, 1.82) is 0 Å². The van der Waals surface area contributed by atoms with Gasteiger partial charge in [-0.05, 0) is 23.8 Å². The van der Waals surface area contributed by atoms with Gasteiger partial charge in [0.25, 0.3) is 5.69 Å². The van der Waals surface area contributed by atoms with Crippen molar-refractivity contribution in [2.24, 2.45) is 0 Å². The second kappa shape index (κ2) is 3.28. The fourth-order valence-electron chi connectivity index (χ4n) is 2.15. The number of hydrogen-bond acceptors (Lipinski definition) is 4. The summed E-state index contributed by atoms with van der Waals surface area (Å²) >= 11 is 0. The molecule has 0 atom stereocenters. The number of pyridine rings is 1. The van der Waals surface area contributed by atoms with E-state index in [4.69, 9.17) is 0 Å². The molecule has 1 aromatic heterocycles. The molecule has 3 rings (SSSR count). The molecule has 0 spiro atoms. The number of nitro groups is 1. The van der Waals surface area contributed by atoms with Crippen molar-refractivity contribution in [2.45, 2.75) is 0 Å². The van der Waals surface area contributed by atoms with Gasteiger partial charge in [0.15, 0.2) is 0 Å². The Kier molecular flexibility index (Phi) is 1.89. The van der Waals surface area contributed by atoms with Gasteiger partial charge in [0, 0.05) is 30.9 Å². The molecule has 2 aromatic rings. The summed E-state index contributed by atoms with van der Waals surface area (Å²) in [4.78, 5) is 16.7. The Balaban J connectivity index is 2.49. The zero-order valence-electron chi connectivity index (χ0n) is 9.12. The molecule has 0 radical (unpaired) electrons. The Morgan fingerprint density at radius 2 is 2.18 bits per heavy atom. The number of rotatable bonds is 1. The zero-order valence-corrected chi connectivity index (χ0v) is 9.12. The summed E-state index contributed by atoms with van der Waals surface area (Å²) in [6, 6.07) is 5.05. The first-order valence-electron chi connectivity index (χ1n) is 5.15. The van der Waals surface area contributed by atoms with Gasteiger partial charge in [-0.2, -0.15) is 0 Å². The summed E-state index contributed by atoms with van der Waals surface area (Å²) in [7, 11) is 1.80. The van der Waals surface area contributed by atoms with Crippen LogP contribution in [0.2, 0.25) is 0 Å². The molecule has 0 amide bonds. The molecular weight excluding hydrogens is 218 g/mol. The molecular formula is C12H9N3O2. The predicted octanol–water partition coefficient (Wildman–Crippen LogP) is 2.56. The molecule has 0 aliphatic carbocycles. The topological polar surface area (TPSA) is 59.3 Å². The number of hydrogen-bond donors (Lipinski definition) is 0. The highest BCUT2D eigenvalue weighted by Gasteiger charge is 2.23. The maximum absolute atomic E-state index is 11.0. The second-order valence-electron chi connectivity index (χ2n) is 3.91. The second-order valence-corrected chi connectivity index (χ2v) is 3.91. The van der Waals surface area contributed by atoms with Crippen molar-refractivity contribution in [3.05, 3.63) is 46.3 Å². The summed E-state index contributed by atoms with van der Waals surface area (Å²) in [6.45, 7) is 0. The van der Waals surface area contributed by atoms with Crippen LogP contribution in [0.25, 0.3) is 17.0 Å². The van der Waals surface area contributed by atoms with Crippen LogP contribution in [0, 0.1) is 10.1 Å². The Hall–Kier alpha value is -2.43. The van der Waals surface area contributed by atoms with Crippen molar-refractivity contribution < 1.29 is 4.92 Å². The third-order valence-electron chi connectivity index (χ3n) is 2.92. The summed E-state index contributed by atoms with van der Waals surface area (Å²) in [5.41, 5.74) is 2.46. The van der Waals surface area contributed by atoms with E-state index in [9.17, 15) is 10.1 Å². The molecule has 17 heavy (non-hydrogen) atoms. The van der Waals surface area contributed by atoms with Crippen molar-refractivity contribution in [1.82, 2.24) is 4.98 Å². The van der Waals surface area contributed by atoms with Gasteiger partial charge in [-0.3, -0.25) is 15.1 Å². The fraction of sp³-hybridized carbons (Fsp3) is 0.0833. The molecule has 5 heteroatoms. The van der Waals surface area contributed by atoms with E-state index in [1.807, 2.05) is 18.3 Å². The molecule has 0 bridgehead atoms. The van der Waals surface area contributed by atoms with Gasteiger partial charge in [0.05, 0.1) is 10.4 Å². The van der Waals surface area contributed by atoms with Crippen LogP contribution >= 0.6 is 0 Å². The molecule has 0 saturated carbocycles. The molecule has 2 heterocycles. The first-order chi connectivity index (χ1) is 8.18. The van der Waals surface area contributed by atoms with Gasteiger partial charge in [-0.25, -0.2) is 0 Å². The largest absolute Gasteiger partial charge is 0.345 e. The lowest BCUT2D eigenvalue weighted by Crippen LogP contribution is -2.13. The summed E-state index contributed by atoms with van der Waals surface area (Å²) in [5.74, 6) is 0. The first-order valence-corrected chi connectivity index (χ1v) is 5.15. The molecule has 1 aliphatic heterocycles. The number of nitro benzene ring substituents is 1. The Bertz CT molecular complexity index is 664. The highest BCUT2D eigenvalue weighted by atomic mass is 16.6. The molecule has 84 valence electrons. The molecule has 0 unspecified atom stereocenters. The molecule has 0 N–H and O–H groups in total. The SMILES string of the molecule is CN1C=Cc2ccnc3ccc([N+](=O)[O-])c1c23. The monoisotopic (exact) mass is 227 g/mol. The Morgan fingerprint density at radius 3 is 2.94 bits per heavy atom. The molecule has 0 saturated heterocycles. The highest BCUT2D eigenvalue weighted by Crippen LogP contribution is 2.39. The van der Waals surface area contributed by atoms with Gasteiger partial charge < -0.3 is 4.90 Å². The van der Waals surface area contributed by atoms with Gasteiger partial charge in [0.1, 0.15) is 5.69 Å². The van der Waals surface area contributed by atoms with Crippen molar-refractivity contribution in [3.63, 3.8) is 0 Å². The van der Waals surface area contributed by atoms with E-state index in [1.165, 1.54) is 6.07 Å². The number of benzene rings is 1. The minimum Gasteiger partial charge on any atom is -0.345 e. The smallest absolute Gasteiger partial charge is 0.293 e. The quantitative estimate of drug-likeness (QED) is 0.555. The minimum atomic E-state index is -0.360. The lowest BCUT2D eigenvalue weighted by Gasteiger charge is -2.21. The average Bonchev–Trinajstić information content (AvgIpc) is 2.33. The third kappa shape index (κ3) is 1.29. The molecule has 1 aromatic carbocycles. The lowest BCUT2D eigenvalue weighted by molar-refractivity contribution is -0.384. The van der Waals surface area contributed by atoms with Gasteiger partial charge in [-0.15, -0.1) is 0 Å². The van der Waals surface area contributed by atoms with E-state index >= 15 is 0 Å². The third-order valence-corrected chi connectivity index (χ3v) is 2.92. The van der Waals surface area contributed by atoms with Crippen LogP contribution in [0.3, 0.4) is 0 Å². The van der Waals surface area contributed by atoms with Crippen LogP contribution < -0.4 is 4.90 Å². The lowest BCUT2D eigenvalue weighted by atomic mass is 10.0. The normalized spacial score (nSPS) is 13.1. The summed E-state index contributed by atoms with van der Waals surface area (Å²) in [5, 5.41) is 11.9. The number of aromatic nitrogens is 1. The van der Waals surface area contributed by atoms with E-state index in [-0.39, 0.29) is 10.6 Å². The maximum Gasteiger partial charge on any atom is 0.293 e. The van der Waals surface area contributed by atoms with Crippen LogP contribution in [-0.2, 0) is 0 Å². The van der Waals surface area contributed by atoms with Crippen molar-refractivity contribution in [3.8, 4) is 0 Å². The van der Waals surface area contributed by atoms with Crippen molar-refractivity contribution in [2.75, 3.05) is 11.9 Å². The maximum atomic E-state index is 11.0. The first kappa shape index (κ1) is 9.77. The van der Waals surface area contributed by atoms with Crippen LogP contribution in [0.15, 0.2) is 30.6 Å². The minimum absolute atomic E-state index is 0.110. The van der Waals surface area contributed by atoms with E-state index in [0.29, 0.717) is 5.69 Å². The Morgan fingerprint density at radius 1 is 1.35 bits per heavy atom. The van der Waals surface area contributed by atoms with Crippen LogP contribution in [0.4, 0.5) is 11.4 Å². The fourth-order valence-corrected chi connectivity index (χ4v) is 2.15. The van der Waals surface area contributed by atoms with Crippen LogP contribution in [-0.4, -0.2) is 17.0 Å². The van der Waals surface area contributed by atoms with Crippen molar-refractivity contribution >= 4 is 28.4 Å². The van der Waals surface area contributed by atoms with E-state index in [0.717, 1.165) is 16.5 Å². The van der Waals surface area contributed by atoms with E-state index in [2.05, 4.69) is 4.98 Å². The van der Waals surface area contributed by atoms with Crippen LogP contribution in [0.5, 0.6) is 0 Å². The number of anilines is 1. The summed E-state index contributed by atoms with van der Waals surface area (Å²) < 4.78 is 0. The van der Waals surface area contributed by atoms with Gasteiger partial charge in [0.2, 0.25) is 0 Å². The van der Waals surface area contributed by atoms with Gasteiger partial charge in [-0.1, -0.05) is 0 Å². The van der Waals surface area contributed by atoms with E-state index < -0.39 is 0 Å². The highest BCUT2D eigenvalue weighted by molar-refractivity contribution is 6.04. The standard InChI is InChI=1S/C12H9N3O2/c1-14-7-5-8-4-6-13-9-2-3-10(15(16)17)12(14)11(8)9/h2-7H,1H3. The number of nitrogens with zero attached hydrogens (tertiary/aromatic N) is 3. The Labute approximate surface area is 97.1 Å². The molecule has 0 fully saturated rings. The zero-order chi connectivity index (χ0) is 12.0. The molecule has 1 aliphatic rings. The van der Waals surface area contributed by atoms with Gasteiger partial charge >= 0.3 is 0 Å². The molecule has 5 nitrogen and oxygen atoms in total. The predicted molar refractivity (Wildman–Crippen MR) is 65.8 cm³/mol. The average molecular weight is 227 g/mol. The van der Waals surface area contributed by atoms with E-state index in [1.54, 1.807) is 24.2 Å². The summed E-state index contributed by atoms with van der Waals surface area (Å²) in [6.07, 6.45) is 5.47. The van der Waals surface area contributed by atoms with Crippen LogP contribution in [0.1, 0.15) is 5.56 Å².